The highest BCUT2D eigenvalue weighted by Gasteiger charge is 2.09. The number of pyridine rings is 1. The van der Waals surface area contributed by atoms with Crippen molar-refractivity contribution < 1.29 is 17.9 Å². The fourth-order valence-corrected chi connectivity index (χ4v) is 3.76. The van der Waals surface area contributed by atoms with E-state index in [0.29, 0.717) is 29.3 Å². The lowest BCUT2D eigenvalue weighted by atomic mass is 10.1. The van der Waals surface area contributed by atoms with E-state index in [-0.39, 0.29) is 5.56 Å². The first-order chi connectivity index (χ1) is 14.7. The third kappa shape index (κ3) is 6.47. The van der Waals surface area contributed by atoms with E-state index in [0.717, 1.165) is 36.7 Å². The number of methoxy groups -OCH3 is 1. The van der Waals surface area contributed by atoms with Crippen molar-refractivity contribution >= 4 is 26.6 Å². The van der Waals surface area contributed by atoms with Crippen molar-refractivity contribution in [3.8, 4) is 11.5 Å². The summed E-state index contributed by atoms with van der Waals surface area (Å²) in [4.78, 5) is 16.6. The van der Waals surface area contributed by atoms with Gasteiger partial charge in [-0.05, 0) is 49.4 Å². The number of likely N-dealkylation sites (N-methyl/N-ethyl adjacent to an activating group) is 1. The number of sulfonamides is 1. The molecule has 0 saturated heterocycles. The predicted octanol–water partition coefficient (Wildman–Crippen LogP) is 2.46. The summed E-state index contributed by atoms with van der Waals surface area (Å²) in [5, 5.41) is 0.796. The molecule has 8 nitrogen and oxygen atoms in total. The van der Waals surface area contributed by atoms with Crippen LogP contribution in [0.5, 0.6) is 11.5 Å². The van der Waals surface area contributed by atoms with Crippen LogP contribution in [-0.2, 0) is 16.4 Å². The number of aromatic amines is 1. The Labute approximate surface area is 181 Å². The molecule has 166 valence electrons. The molecule has 31 heavy (non-hydrogen) atoms. The van der Waals surface area contributed by atoms with E-state index < -0.39 is 10.0 Å². The molecule has 0 aliphatic heterocycles. The summed E-state index contributed by atoms with van der Waals surface area (Å²) in [5.41, 5.74) is 2.11. The molecular formula is C22H27N3O5S. The van der Waals surface area contributed by atoms with Crippen LogP contribution < -0.4 is 19.8 Å². The zero-order valence-electron chi connectivity index (χ0n) is 17.8. The number of anilines is 1. The number of nitrogens with zero attached hydrogens (tertiary/aromatic N) is 1. The molecule has 1 aromatic heterocycles. The lowest BCUT2D eigenvalue weighted by molar-refractivity contribution is 0.240. The molecule has 0 amide bonds. The number of aromatic nitrogens is 1. The molecular weight excluding hydrogens is 418 g/mol. The fourth-order valence-electron chi connectivity index (χ4n) is 3.19. The van der Waals surface area contributed by atoms with Gasteiger partial charge in [-0.2, -0.15) is 0 Å². The molecule has 0 bridgehead atoms. The first-order valence-corrected chi connectivity index (χ1v) is 11.7. The maximum Gasteiger partial charge on any atom is 0.248 e. The van der Waals surface area contributed by atoms with Crippen molar-refractivity contribution in [3.63, 3.8) is 0 Å². The summed E-state index contributed by atoms with van der Waals surface area (Å²) in [6, 6.07) is 14.2. The monoisotopic (exact) mass is 445 g/mol. The van der Waals surface area contributed by atoms with E-state index in [9.17, 15) is 13.2 Å². The summed E-state index contributed by atoms with van der Waals surface area (Å²) in [5.74, 6) is 1.28. The highest BCUT2D eigenvalue weighted by atomic mass is 32.2. The maximum absolute atomic E-state index is 11.6. The van der Waals surface area contributed by atoms with Crippen LogP contribution >= 0.6 is 0 Å². The number of H-pyrrole nitrogens is 1. The average molecular weight is 446 g/mol. The number of nitrogens with one attached hydrogen (secondary N) is 2. The number of hydrogen-bond acceptors (Lipinski definition) is 6. The number of benzene rings is 2. The molecule has 2 N–H and O–H groups in total. The van der Waals surface area contributed by atoms with Gasteiger partial charge in [-0.1, -0.05) is 12.1 Å². The minimum atomic E-state index is -3.27. The van der Waals surface area contributed by atoms with Crippen LogP contribution in [0.2, 0.25) is 0 Å². The van der Waals surface area contributed by atoms with Gasteiger partial charge in [0.05, 0.1) is 18.9 Å². The Balaban J connectivity index is 1.52. The molecule has 2 aromatic carbocycles. The highest BCUT2D eigenvalue weighted by molar-refractivity contribution is 7.92. The summed E-state index contributed by atoms with van der Waals surface area (Å²) in [7, 11) is 0.316. The predicted molar refractivity (Wildman–Crippen MR) is 123 cm³/mol. The van der Waals surface area contributed by atoms with Crippen molar-refractivity contribution in [2.75, 3.05) is 44.8 Å². The van der Waals surface area contributed by atoms with Crippen LogP contribution in [0.15, 0.2) is 53.3 Å². The first kappa shape index (κ1) is 22.6. The lowest BCUT2D eigenvalue weighted by Crippen LogP contribution is -2.26. The van der Waals surface area contributed by atoms with Crippen molar-refractivity contribution in [2.24, 2.45) is 0 Å². The van der Waals surface area contributed by atoms with E-state index in [1.165, 1.54) is 6.07 Å². The minimum absolute atomic E-state index is 0.192. The van der Waals surface area contributed by atoms with Gasteiger partial charge in [-0.3, -0.25) is 9.52 Å². The van der Waals surface area contributed by atoms with E-state index in [2.05, 4.69) is 14.6 Å². The Morgan fingerprint density at radius 2 is 1.71 bits per heavy atom. The number of fused-ring (bicyclic) bond motifs is 1. The molecule has 0 saturated carbocycles. The van der Waals surface area contributed by atoms with Crippen LogP contribution in [-0.4, -0.2) is 58.4 Å². The molecule has 0 radical (unpaired) electrons. The molecule has 0 aliphatic carbocycles. The van der Waals surface area contributed by atoms with Crippen LogP contribution in [0.3, 0.4) is 0 Å². The fraction of sp³-hybridized carbons (Fsp3) is 0.318. The second kappa shape index (κ2) is 9.84. The highest BCUT2D eigenvalue weighted by Crippen LogP contribution is 2.30. The van der Waals surface area contributed by atoms with Gasteiger partial charge in [0.15, 0.2) is 0 Å². The van der Waals surface area contributed by atoms with Gasteiger partial charge in [-0.25, -0.2) is 8.42 Å². The van der Waals surface area contributed by atoms with E-state index in [1.807, 2.05) is 25.2 Å². The Bertz CT molecular complexity index is 1190. The summed E-state index contributed by atoms with van der Waals surface area (Å²) < 4.78 is 36.3. The van der Waals surface area contributed by atoms with E-state index in [1.54, 1.807) is 31.4 Å². The van der Waals surface area contributed by atoms with Gasteiger partial charge in [0.1, 0.15) is 18.1 Å². The Morgan fingerprint density at radius 3 is 2.39 bits per heavy atom. The number of hydrogen-bond donors (Lipinski definition) is 2. The van der Waals surface area contributed by atoms with Gasteiger partial charge in [0, 0.05) is 30.2 Å². The summed E-state index contributed by atoms with van der Waals surface area (Å²) in [6.07, 6.45) is 1.97. The molecule has 0 atom stereocenters. The van der Waals surface area contributed by atoms with Gasteiger partial charge >= 0.3 is 0 Å². The van der Waals surface area contributed by atoms with Crippen LogP contribution in [0.25, 0.3) is 10.9 Å². The molecule has 3 rings (SSSR count). The van der Waals surface area contributed by atoms with Gasteiger partial charge in [0.25, 0.3) is 0 Å². The molecule has 0 spiro atoms. The summed E-state index contributed by atoms with van der Waals surface area (Å²) >= 11 is 0. The maximum atomic E-state index is 11.6. The normalized spacial score (nSPS) is 11.6. The summed E-state index contributed by atoms with van der Waals surface area (Å²) in [6.45, 7) is 2.05. The van der Waals surface area contributed by atoms with E-state index >= 15 is 0 Å². The zero-order valence-corrected chi connectivity index (χ0v) is 18.7. The van der Waals surface area contributed by atoms with Crippen molar-refractivity contribution in [1.82, 2.24) is 9.88 Å². The smallest absolute Gasteiger partial charge is 0.248 e. The van der Waals surface area contributed by atoms with Crippen molar-refractivity contribution in [3.05, 3.63) is 64.4 Å². The van der Waals surface area contributed by atoms with Gasteiger partial charge in [-0.15, -0.1) is 0 Å². The second-order valence-corrected chi connectivity index (χ2v) is 9.10. The molecule has 0 fully saturated rings. The molecule has 9 heteroatoms. The second-order valence-electron chi connectivity index (χ2n) is 7.35. The molecule has 1 heterocycles. The van der Waals surface area contributed by atoms with Crippen LogP contribution in [0.4, 0.5) is 5.69 Å². The van der Waals surface area contributed by atoms with Crippen molar-refractivity contribution in [2.45, 2.75) is 6.42 Å². The topological polar surface area (TPSA) is 101 Å². The first-order valence-electron chi connectivity index (χ1n) is 9.83. The third-order valence-electron chi connectivity index (χ3n) is 4.81. The Hall–Kier alpha value is -3.04. The Kier molecular flexibility index (Phi) is 7.19. The van der Waals surface area contributed by atoms with Crippen LogP contribution in [0.1, 0.15) is 5.56 Å². The Morgan fingerprint density at radius 1 is 1.00 bits per heavy atom. The SMILES string of the molecule is COc1ccc(OCCN(C)CCc2ccc(NS(C)(=O)=O)cc2)c2ccc(=O)[nH]c12. The van der Waals surface area contributed by atoms with Crippen molar-refractivity contribution in [1.29, 1.82) is 0 Å². The third-order valence-corrected chi connectivity index (χ3v) is 5.41. The molecule has 3 aromatic rings. The zero-order chi connectivity index (χ0) is 22.4. The minimum Gasteiger partial charge on any atom is -0.495 e. The lowest BCUT2D eigenvalue weighted by Gasteiger charge is -2.18. The van der Waals surface area contributed by atoms with Gasteiger partial charge < -0.3 is 19.4 Å². The number of ether oxygens (including phenoxy) is 2. The standard InChI is InChI=1S/C22H27N3O5S/c1-25(13-12-16-4-6-17(7-5-16)24-31(3,27)28)14-15-30-19-9-10-20(29-2)22-18(19)8-11-21(26)23-22/h4-11,24H,12-15H2,1-3H3,(H,23,26). The van der Waals surface area contributed by atoms with E-state index in [4.69, 9.17) is 9.47 Å². The van der Waals surface area contributed by atoms with Crippen LogP contribution in [0, 0.1) is 0 Å². The number of rotatable bonds is 10. The van der Waals surface area contributed by atoms with Gasteiger partial charge in [0.2, 0.25) is 15.6 Å². The average Bonchev–Trinajstić information content (AvgIpc) is 2.72. The molecule has 0 unspecified atom stereocenters. The largest absolute Gasteiger partial charge is 0.495 e. The quantitative estimate of drug-likeness (QED) is 0.497. The molecule has 0 aliphatic rings.